The molecular formula is C21H21Cl2N3O2. The topological polar surface area (TPSA) is 52.7 Å². The maximum atomic E-state index is 13.1. The monoisotopic (exact) mass is 417 g/mol. The van der Waals surface area contributed by atoms with Gasteiger partial charge in [-0.2, -0.15) is 0 Å². The highest BCUT2D eigenvalue weighted by atomic mass is 35.5. The van der Waals surface area contributed by atoms with Gasteiger partial charge < -0.3 is 10.2 Å². The van der Waals surface area contributed by atoms with Gasteiger partial charge in [0.1, 0.15) is 0 Å². The Hall–Kier alpha value is -2.24. The number of nitrogens with one attached hydrogen (secondary N) is 1. The SMILES string of the molecule is O=C(Nc1cc(N2CCCN(Cc3cccc(Cl)c3)C2=O)ccc1Cl)C1CC1. The van der Waals surface area contributed by atoms with Gasteiger partial charge in [-0.05, 0) is 55.2 Å². The summed E-state index contributed by atoms with van der Waals surface area (Å²) in [7, 11) is 0. The van der Waals surface area contributed by atoms with Crippen molar-refractivity contribution in [2.24, 2.45) is 5.92 Å². The Morgan fingerprint density at radius 3 is 2.68 bits per heavy atom. The molecule has 1 aliphatic heterocycles. The van der Waals surface area contributed by atoms with Crippen LogP contribution in [0.5, 0.6) is 0 Å². The number of amides is 3. The summed E-state index contributed by atoms with van der Waals surface area (Å²) in [5.41, 5.74) is 2.28. The number of hydrogen-bond acceptors (Lipinski definition) is 2. The van der Waals surface area contributed by atoms with Crippen LogP contribution < -0.4 is 10.2 Å². The van der Waals surface area contributed by atoms with Crippen LogP contribution in [0.2, 0.25) is 10.0 Å². The highest BCUT2D eigenvalue weighted by Gasteiger charge is 2.31. The lowest BCUT2D eigenvalue weighted by atomic mass is 10.1. The van der Waals surface area contributed by atoms with Gasteiger partial charge in [0.25, 0.3) is 0 Å². The number of anilines is 2. The van der Waals surface area contributed by atoms with Crippen molar-refractivity contribution in [2.75, 3.05) is 23.3 Å². The Labute approximate surface area is 174 Å². The van der Waals surface area contributed by atoms with Crippen LogP contribution in [0.15, 0.2) is 42.5 Å². The standard InChI is InChI=1S/C21H21Cl2N3O2/c22-16-4-1-3-14(11-16)13-25-9-2-10-26(21(25)28)17-7-8-18(23)19(12-17)24-20(27)15-5-6-15/h1,3-4,7-8,11-12,15H,2,5-6,9-10,13H2,(H,24,27). The molecule has 1 aliphatic carbocycles. The first-order valence-electron chi connectivity index (χ1n) is 9.42. The van der Waals surface area contributed by atoms with Crippen LogP contribution in [0.1, 0.15) is 24.8 Å². The number of benzene rings is 2. The molecule has 1 N–H and O–H groups in total. The molecule has 2 fully saturated rings. The van der Waals surface area contributed by atoms with Gasteiger partial charge in [-0.1, -0.05) is 35.3 Å². The minimum Gasteiger partial charge on any atom is -0.324 e. The molecule has 2 aromatic rings. The first kappa shape index (κ1) is 19.1. The van der Waals surface area contributed by atoms with E-state index in [2.05, 4.69) is 5.32 Å². The van der Waals surface area contributed by atoms with E-state index < -0.39 is 0 Å². The van der Waals surface area contributed by atoms with Crippen molar-refractivity contribution in [1.29, 1.82) is 0 Å². The molecule has 0 bridgehead atoms. The van der Waals surface area contributed by atoms with E-state index in [1.807, 2.05) is 35.2 Å². The lowest BCUT2D eigenvalue weighted by Gasteiger charge is -2.36. The number of rotatable bonds is 5. The molecule has 2 aliphatic rings. The van der Waals surface area contributed by atoms with Gasteiger partial charge in [0.2, 0.25) is 5.91 Å². The summed E-state index contributed by atoms with van der Waals surface area (Å²) < 4.78 is 0. The van der Waals surface area contributed by atoms with Crippen molar-refractivity contribution in [3.8, 4) is 0 Å². The van der Waals surface area contributed by atoms with Crippen LogP contribution in [0.3, 0.4) is 0 Å². The van der Waals surface area contributed by atoms with E-state index in [-0.39, 0.29) is 17.9 Å². The summed E-state index contributed by atoms with van der Waals surface area (Å²) in [5, 5.41) is 4.02. The summed E-state index contributed by atoms with van der Waals surface area (Å²) in [4.78, 5) is 28.7. The highest BCUT2D eigenvalue weighted by Crippen LogP contribution is 2.34. The second-order valence-electron chi connectivity index (χ2n) is 7.27. The van der Waals surface area contributed by atoms with E-state index in [1.165, 1.54) is 0 Å². The first-order valence-corrected chi connectivity index (χ1v) is 10.2. The molecule has 0 atom stereocenters. The fourth-order valence-electron chi connectivity index (χ4n) is 3.38. The summed E-state index contributed by atoms with van der Waals surface area (Å²) in [5.74, 6) is 0.0798. The molecule has 146 valence electrons. The predicted molar refractivity (Wildman–Crippen MR) is 112 cm³/mol. The average Bonchev–Trinajstić information content (AvgIpc) is 3.51. The molecule has 0 aromatic heterocycles. The first-order chi connectivity index (χ1) is 13.5. The van der Waals surface area contributed by atoms with Gasteiger partial charge in [-0.25, -0.2) is 4.79 Å². The fourth-order valence-corrected chi connectivity index (χ4v) is 3.76. The molecule has 0 spiro atoms. The molecule has 0 radical (unpaired) electrons. The van der Waals surface area contributed by atoms with Crippen LogP contribution >= 0.6 is 23.2 Å². The number of urea groups is 1. The van der Waals surface area contributed by atoms with E-state index in [0.29, 0.717) is 35.4 Å². The third kappa shape index (κ3) is 4.26. The van der Waals surface area contributed by atoms with Crippen molar-refractivity contribution in [1.82, 2.24) is 4.90 Å². The zero-order valence-corrected chi connectivity index (χ0v) is 16.8. The Balaban J connectivity index is 1.51. The van der Waals surface area contributed by atoms with E-state index in [0.717, 1.165) is 30.5 Å². The van der Waals surface area contributed by atoms with Crippen LogP contribution in [0.4, 0.5) is 16.2 Å². The lowest BCUT2D eigenvalue weighted by Crippen LogP contribution is -2.49. The van der Waals surface area contributed by atoms with Gasteiger partial charge in [-0.3, -0.25) is 9.69 Å². The van der Waals surface area contributed by atoms with E-state index in [1.54, 1.807) is 17.0 Å². The summed E-state index contributed by atoms with van der Waals surface area (Å²) in [6.07, 6.45) is 2.71. The lowest BCUT2D eigenvalue weighted by molar-refractivity contribution is -0.117. The van der Waals surface area contributed by atoms with Gasteiger partial charge >= 0.3 is 6.03 Å². The third-order valence-electron chi connectivity index (χ3n) is 5.04. The second kappa shape index (κ2) is 8.02. The minimum absolute atomic E-state index is 0.00777. The molecule has 4 rings (SSSR count). The van der Waals surface area contributed by atoms with E-state index in [9.17, 15) is 9.59 Å². The normalized spacial score (nSPS) is 17.0. The van der Waals surface area contributed by atoms with Crippen LogP contribution in [0, 0.1) is 5.92 Å². The molecule has 1 saturated heterocycles. The highest BCUT2D eigenvalue weighted by molar-refractivity contribution is 6.34. The quantitative estimate of drug-likeness (QED) is 0.728. The molecule has 7 heteroatoms. The van der Waals surface area contributed by atoms with Crippen molar-refractivity contribution in [3.63, 3.8) is 0 Å². The second-order valence-corrected chi connectivity index (χ2v) is 8.11. The molecule has 28 heavy (non-hydrogen) atoms. The van der Waals surface area contributed by atoms with Crippen molar-refractivity contribution in [3.05, 3.63) is 58.1 Å². The largest absolute Gasteiger partial charge is 0.324 e. The summed E-state index contributed by atoms with van der Waals surface area (Å²) in [6.45, 7) is 1.83. The number of carbonyl (C=O) groups is 2. The van der Waals surface area contributed by atoms with E-state index in [4.69, 9.17) is 23.2 Å². The Kier molecular flexibility index (Phi) is 5.47. The number of hydrogen-bond donors (Lipinski definition) is 1. The average molecular weight is 418 g/mol. The van der Waals surface area contributed by atoms with Crippen LogP contribution in [-0.2, 0) is 11.3 Å². The van der Waals surface area contributed by atoms with Gasteiger partial charge in [0.15, 0.2) is 0 Å². The Morgan fingerprint density at radius 2 is 1.93 bits per heavy atom. The third-order valence-corrected chi connectivity index (χ3v) is 5.61. The maximum absolute atomic E-state index is 13.1. The van der Waals surface area contributed by atoms with Crippen LogP contribution in [-0.4, -0.2) is 29.9 Å². The zero-order valence-electron chi connectivity index (χ0n) is 15.3. The molecular weight excluding hydrogens is 397 g/mol. The zero-order chi connectivity index (χ0) is 19.7. The number of nitrogens with zero attached hydrogens (tertiary/aromatic N) is 2. The smallest absolute Gasteiger partial charge is 0.324 e. The van der Waals surface area contributed by atoms with Gasteiger partial charge in [-0.15, -0.1) is 0 Å². The molecule has 2 aromatic carbocycles. The van der Waals surface area contributed by atoms with Gasteiger partial charge in [0, 0.05) is 36.3 Å². The summed E-state index contributed by atoms with van der Waals surface area (Å²) in [6, 6.07) is 12.8. The van der Waals surface area contributed by atoms with Crippen LogP contribution in [0.25, 0.3) is 0 Å². The van der Waals surface area contributed by atoms with Crippen molar-refractivity contribution in [2.45, 2.75) is 25.8 Å². The summed E-state index contributed by atoms with van der Waals surface area (Å²) >= 11 is 12.3. The van der Waals surface area contributed by atoms with E-state index >= 15 is 0 Å². The Bertz CT molecular complexity index is 914. The Morgan fingerprint density at radius 1 is 1.11 bits per heavy atom. The number of halogens is 2. The fraction of sp³-hybridized carbons (Fsp3) is 0.333. The minimum atomic E-state index is -0.0620. The van der Waals surface area contributed by atoms with Crippen molar-refractivity contribution < 1.29 is 9.59 Å². The molecule has 3 amide bonds. The molecule has 0 unspecified atom stereocenters. The van der Waals surface area contributed by atoms with Crippen molar-refractivity contribution >= 4 is 46.5 Å². The molecule has 5 nitrogen and oxygen atoms in total. The number of carbonyl (C=O) groups excluding carboxylic acids is 2. The van der Waals surface area contributed by atoms with Gasteiger partial charge in [0.05, 0.1) is 10.7 Å². The molecule has 1 heterocycles. The molecule has 1 saturated carbocycles. The maximum Gasteiger partial charge on any atom is 0.324 e. The predicted octanol–water partition coefficient (Wildman–Crippen LogP) is 5.17.